The second kappa shape index (κ2) is 4.72. The van der Waals surface area contributed by atoms with Crippen molar-refractivity contribution in [2.45, 2.75) is 6.92 Å². The number of rotatable bonds is 3. The maximum atomic E-state index is 6.24. The lowest BCUT2D eigenvalue weighted by Crippen LogP contribution is -1.96. The van der Waals surface area contributed by atoms with Gasteiger partial charge < -0.3 is 15.2 Å². The van der Waals surface area contributed by atoms with Gasteiger partial charge >= 0.3 is 0 Å². The molecular weight excluding hydrogens is 274 g/mol. The maximum absolute atomic E-state index is 6.24. The molecule has 0 aliphatic rings. The van der Waals surface area contributed by atoms with Gasteiger partial charge in [-0.1, -0.05) is 0 Å². The fourth-order valence-electron chi connectivity index (χ4n) is 2.22. The molecule has 104 valence electrons. The van der Waals surface area contributed by atoms with Gasteiger partial charge in [0, 0.05) is 16.6 Å². The van der Waals surface area contributed by atoms with E-state index in [1.54, 1.807) is 25.6 Å². The van der Waals surface area contributed by atoms with E-state index < -0.39 is 0 Å². The number of aromatic nitrogens is 2. The van der Waals surface area contributed by atoms with Crippen LogP contribution in [0.4, 0.5) is 5.82 Å². The fourth-order valence-corrected chi connectivity index (χ4v) is 3.09. The minimum Gasteiger partial charge on any atom is -0.497 e. The van der Waals surface area contributed by atoms with E-state index in [0.717, 1.165) is 33.4 Å². The zero-order valence-corrected chi connectivity index (χ0v) is 12.3. The summed E-state index contributed by atoms with van der Waals surface area (Å²) in [6.45, 7) is 2.01. The molecule has 2 N–H and O–H groups in total. The van der Waals surface area contributed by atoms with E-state index in [9.17, 15) is 0 Å². The molecule has 2 heterocycles. The van der Waals surface area contributed by atoms with Gasteiger partial charge in [0.15, 0.2) is 4.96 Å². The predicted molar refractivity (Wildman–Crippen MR) is 80.8 cm³/mol. The average Bonchev–Trinajstić information content (AvgIpc) is 2.99. The molecule has 0 radical (unpaired) electrons. The third kappa shape index (κ3) is 1.80. The maximum Gasteiger partial charge on any atom is 0.196 e. The second-order valence-electron chi connectivity index (χ2n) is 4.41. The van der Waals surface area contributed by atoms with E-state index in [1.807, 2.05) is 34.9 Å². The van der Waals surface area contributed by atoms with Crippen LogP contribution in [0.3, 0.4) is 0 Å². The monoisotopic (exact) mass is 289 g/mol. The molecule has 6 heteroatoms. The van der Waals surface area contributed by atoms with Crippen LogP contribution >= 0.6 is 11.3 Å². The van der Waals surface area contributed by atoms with Gasteiger partial charge in [-0.05, 0) is 25.1 Å². The van der Waals surface area contributed by atoms with Crippen LogP contribution in [-0.4, -0.2) is 23.6 Å². The van der Waals surface area contributed by atoms with Crippen LogP contribution in [0.1, 0.15) is 5.69 Å². The minimum absolute atomic E-state index is 0.616. The zero-order valence-electron chi connectivity index (χ0n) is 11.5. The van der Waals surface area contributed by atoms with Crippen molar-refractivity contribution in [1.82, 2.24) is 9.38 Å². The summed E-state index contributed by atoms with van der Waals surface area (Å²) >= 11 is 1.57. The van der Waals surface area contributed by atoms with Gasteiger partial charge in [0.25, 0.3) is 0 Å². The highest BCUT2D eigenvalue weighted by Gasteiger charge is 2.18. The van der Waals surface area contributed by atoms with Gasteiger partial charge in [0.1, 0.15) is 23.0 Å². The minimum atomic E-state index is 0.616. The number of methoxy groups -OCH3 is 2. The molecule has 3 aromatic rings. The molecule has 0 unspecified atom stereocenters. The number of nitrogen functional groups attached to an aromatic ring is 1. The Morgan fingerprint density at radius 2 is 2.05 bits per heavy atom. The molecule has 5 nitrogen and oxygen atoms in total. The summed E-state index contributed by atoms with van der Waals surface area (Å²) in [4.78, 5) is 5.48. The molecule has 2 aromatic heterocycles. The number of anilines is 1. The van der Waals surface area contributed by atoms with Crippen LogP contribution in [0.15, 0.2) is 23.6 Å². The van der Waals surface area contributed by atoms with E-state index in [0.29, 0.717) is 5.82 Å². The molecule has 0 bridgehead atoms. The van der Waals surface area contributed by atoms with Gasteiger partial charge in [-0.15, -0.1) is 11.3 Å². The van der Waals surface area contributed by atoms with Crippen LogP contribution in [0.2, 0.25) is 0 Å². The first-order valence-electron chi connectivity index (χ1n) is 6.10. The van der Waals surface area contributed by atoms with Crippen molar-refractivity contribution in [3.8, 4) is 22.8 Å². The second-order valence-corrected chi connectivity index (χ2v) is 5.24. The molecule has 0 saturated carbocycles. The molecule has 1 aromatic carbocycles. The Hall–Kier alpha value is -2.21. The SMILES string of the molecule is COc1ccc(OC)c(-c2nc3scc(C)n3c2N)c1. The highest BCUT2D eigenvalue weighted by molar-refractivity contribution is 7.15. The lowest BCUT2D eigenvalue weighted by atomic mass is 10.1. The summed E-state index contributed by atoms with van der Waals surface area (Å²) < 4.78 is 12.6. The normalized spacial score (nSPS) is 10.9. The van der Waals surface area contributed by atoms with Crippen molar-refractivity contribution in [2.24, 2.45) is 0 Å². The molecule has 0 fully saturated rings. The van der Waals surface area contributed by atoms with Crippen LogP contribution < -0.4 is 15.2 Å². The lowest BCUT2D eigenvalue weighted by Gasteiger charge is -2.09. The number of imidazole rings is 1. The molecular formula is C14H15N3O2S. The number of nitrogens with two attached hydrogens (primary N) is 1. The third-order valence-corrected chi connectivity index (χ3v) is 4.18. The molecule has 0 atom stereocenters. The van der Waals surface area contributed by atoms with Gasteiger partial charge in [-0.2, -0.15) is 0 Å². The van der Waals surface area contributed by atoms with Crippen molar-refractivity contribution in [1.29, 1.82) is 0 Å². The van der Waals surface area contributed by atoms with E-state index in [-0.39, 0.29) is 0 Å². The Morgan fingerprint density at radius 3 is 2.70 bits per heavy atom. The summed E-state index contributed by atoms with van der Waals surface area (Å²) in [5.74, 6) is 2.08. The van der Waals surface area contributed by atoms with Crippen molar-refractivity contribution in [2.75, 3.05) is 20.0 Å². The van der Waals surface area contributed by atoms with Crippen LogP contribution in [0.5, 0.6) is 11.5 Å². The zero-order chi connectivity index (χ0) is 14.3. The van der Waals surface area contributed by atoms with Crippen molar-refractivity contribution >= 4 is 22.1 Å². The first kappa shape index (κ1) is 12.8. The topological polar surface area (TPSA) is 61.8 Å². The third-order valence-electron chi connectivity index (χ3n) is 3.23. The Bertz CT molecular complexity index is 776. The average molecular weight is 289 g/mol. The predicted octanol–water partition coefficient (Wildman–Crippen LogP) is 2.97. The molecule has 0 aliphatic heterocycles. The number of benzene rings is 1. The van der Waals surface area contributed by atoms with Gasteiger partial charge in [0.2, 0.25) is 0 Å². The summed E-state index contributed by atoms with van der Waals surface area (Å²) in [6.07, 6.45) is 0. The largest absolute Gasteiger partial charge is 0.497 e. The highest BCUT2D eigenvalue weighted by Crippen LogP contribution is 2.37. The smallest absolute Gasteiger partial charge is 0.196 e. The van der Waals surface area contributed by atoms with E-state index in [4.69, 9.17) is 15.2 Å². The van der Waals surface area contributed by atoms with Gasteiger partial charge in [-0.3, -0.25) is 4.40 Å². The van der Waals surface area contributed by atoms with Crippen LogP contribution in [0.25, 0.3) is 16.2 Å². The van der Waals surface area contributed by atoms with Crippen molar-refractivity contribution < 1.29 is 9.47 Å². The number of hydrogen-bond donors (Lipinski definition) is 1. The first-order chi connectivity index (χ1) is 9.65. The van der Waals surface area contributed by atoms with Gasteiger partial charge in [0.05, 0.1) is 14.2 Å². The Labute approximate surface area is 120 Å². The van der Waals surface area contributed by atoms with E-state index in [1.165, 1.54) is 0 Å². The quantitative estimate of drug-likeness (QED) is 0.805. The van der Waals surface area contributed by atoms with E-state index in [2.05, 4.69) is 4.98 Å². The summed E-state index contributed by atoms with van der Waals surface area (Å²) in [6, 6.07) is 5.59. The molecule has 20 heavy (non-hydrogen) atoms. The summed E-state index contributed by atoms with van der Waals surface area (Å²) in [7, 11) is 3.26. The number of aryl methyl sites for hydroxylation is 1. The number of nitrogens with zero attached hydrogens (tertiary/aromatic N) is 2. The standard InChI is InChI=1S/C14H15N3O2S/c1-8-7-20-14-16-12(13(15)17(8)14)10-6-9(18-2)4-5-11(10)19-3/h4-7H,15H2,1-3H3. The summed E-state index contributed by atoms with van der Waals surface area (Å²) in [5.41, 5.74) is 8.87. The number of fused-ring (bicyclic) bond motifs is 1. The fraction of sp³-hybridized carbons (Fsp3) is 0.214. The summed E-state index contributed by atoms with van der Waals surface area (Å²) in [5, 5.41) is 2.03. The molecule has 0 aliphatic carbocycles. The first-order valence-corrected chi connectivity index (χ1v) is 6.98. The van der Waals surface area contributed by atoms with Crippen LogP contribution in [-0.2, 0) is 0 Å². The number of hydrogen-bond acceptors (Lipinski definition) is 5. The Morgan fingerprint density at radius 1 is 1.25 bits per heavy atom. The van der Waals surface area contributed by atoms with E-state index >= 15 is 0 Å². The lowest BCUT2D eigenvalue weighted by molar-refractivity contribution is 0.404. The van der Waals surface area contributed by atoms with Crippen molar-refractivity contribution in [3.63, 3.8) is 0 Å². The number of ether oxygens (including phenoxy) is 2. The number of thiazole rings is 1. The molecule has 3 rings (SSSR count). The molecule has 0 saturated heterocycles. The Kier molecular flexibility index (Phi) is 3.02. The molecule has 0 amide bonds. The van der Waals surface area contributed by atoms with Gasteiger partial charge in [-0.25, -0.2) is 4.98 Å². The van der Waals surface area contributed by atoms with Crippen molar-refractivity contribution in [3.05, 3.63) is 29.3 Å². The molecule has 0 spiro atoms. The Balaban J connectivity index is 2.26. The van der Waals surface area contributed by atoms with Crippen LogP contribution in [0, 0.1) is 6.92 Å². The highest BCUT2D eigenvalue weighted by atomic mass is 32.1.